The molecule has 0 aliphatic heterocycles. The van der Waals surface area contributed by atoms with E-state index in [9.17, 15) is 29.3 Å². The number of carboxylic acids is 1. The molecule has 0 aliphatic rings. The minimum absolute atomic E-state index is 0. The minimum atomic E-state index is -4.25. The summed E-state index contributed by atoms with van der Waals surface area (Å²) in [5.74, 6) is -2.58. The van der Waals surface area contributed by atoms with Crippen molar-refractivity contribution in [3.63, 3.8) is 0 Å². The number of aliphatic imine (C=N–C) groups is 1. The van der Waals surface area contributed by atoms with Gasteiger partial charge < -0.3 is 35.7 Å². The predicted octanol–water partition coefficient (Wildman–Crippen LogP) is -7.10. The molecule has 168 valence electrons. The van der Waals surface area contributed by atoms with Crippen molar-refractivity contribution in [3.05, 3.63) is 35.9 Å². The second kappa shape index (κ2) is 16.4. The molecule has 0 spiro atoms. The van der Waals surface area contributed by atoms with Crippen LogP contribution in [-0.4, -0.2) is 47.8 Å². The van der Waals surface area contributed by atoms with E-state index in [1.165, 1.54) is 0 Å². The Kier molecular flexibility index (Phi) is 16.8. The van der Waals surface area contributed by atoms with Crippen LogP contribution in [-0.2, 0) is 20.7 Å². The molecule has 32 heavy (non-hydrogen) atoms. The van der Waals surface area contributed by atoms with E-state index in [0.717, 1.165) is 5.56 Å². The van der Waals surface area contributed by atoms with Gasteiger partial charge >= 0.3 is 43.8 Å². The van der Waals surface area contributed by atoms with Crippen LogP contribution in [0.25, 0.3) is 0 Å². The second-order valence-corrected chi connectivity index (χ2v) is 8.92. The van der Waals surface area contributed by atoms with Crippen LogP contribution >= 0.6 is 7.52 Å². The van der Waals surface area contributed by atoms with Gasteiger partial charge in [0, 0.05) is 6.54 Å². The van der Waals surface area contributed by atoms with Crippen LogP contribution in [0.5, 0.6) is 0 Å². The largest absolute Gasteiger partial charge is 1.00 e. The number of amides is 1. The quantitative estimate of drug-likeness (QED) is 0.102. The van der Waals surface area contributed by atoms with Gasteiger partial charge in [0.05, 0.1) is 18.1 Å². The summed E-state index contributed by atoms with van der Waals surface area (Å²) in [7, 11) is -4.25. The molecule has 3 atom stereocenters. The normalized spacial score (nSPS) is 14.8. The van der Waals surface area contributed by atoms with Gasteiger partial charge in [-0.05, 0) is 23.8 Å². The fourth-order valence-electron chi connectivity index (χ4n) is 2.34. The van der Waals surface area contributed by atoms with E-state index in [2.05, 4.69) is 15.4 Å². The van der Waals surface area contributed by atoms with E-state index >= 15 is 0 Å². The van der Waals surface area contributed by atoms with Crippen LogP contribution < -0.4 is 64.1 Å². The summed E-state index contributed by atoms with van der Waals surface area (Å²) < 4.78 is 17.2. The van der Waals surface area contributed by atoms with Crippen molar-refractivity contribution < 1.29 is 71.7 Å². The smallest absolute Gasteiger partial charge is 0.861 e. The molecule has 0 radical (unpaired) electrons. The molecule has 1 aromatic carbocycles. The number of hydrogen-bond acceptors (Lipinski definition) is 8. The fourth-order valence-corrected chi connectivity index (χ4v) is 3.47. The van der Waals surface area contributed by atoms with Gasteiger partial charge in [-0.3, -0.25) is 9.56 Å². The third kappa shape index (κ3) is 13.3. The van der Waals surface area contributed by atoms with Crippen molar-refractivity contribution in [2.75, 3.05) is 12.8 Å². The van der Waals surface area contributed by atoms with Crippen LogP contribution in [0.1, 0.15) is 25.8 Å². The maximum absolute atomic E-state index is 12.3. The molecule has 0 saturated heterocycles. The Morgan fingerprint density at radius 2 is 1.81 bits per heavy atom. The van der Waals surface area contributed by atoms with Crippen molar-refractivity contribution in [2.45, 2.75) is 39.0 Å². The van der Waals surface area contributed by atoms with E-state index in [0.29, 0.717) is 0 Å². The Balaban J connectivity index is 0. The van der Waals surface area contributed by atoms with Gasteiger partial charge in [0.25, 0.3) is 7.52 Å². The zero-order chi connectivity index (χ0) is 22.7. The van der Waals surface area contributed by atoms with Gasteiger partial charge in [-0.15, -0.1) is 0 Å². The van der Waals surface area contributed by atoms with E-state index < -0.39 is 50.4 Å². The maximum Gasteiger partial charge on any atom is 1.00 e. The minimum Gasteiger partial charge on any atom is -0.861 e. The number of rotatable bonds is 12. The van der Waals surface area contributed by atoms with E-state index in [-0.39, 0.29) is 56.7 Å². The third-order valence-electron chi connectivity index (χ3n) is 3.79. The molecule has 0 bridgehead atoms. The molecule has 11 nitrogen and oxygen atoms in total. The molecule has 1 aromatic rings. The molecule has 0 aromatic heterocycles. The molecule has 1 rings (SSSR count). The average Bonchev–Trinajstić information content (AvgIpc) is 2.68. The molecule has 0 aliphatic carbocycles. The van der Waals surface area contributed by atoms with Gasteiger partial charge in [0.2, 0.25) is 0 Å². The van der Waals surface area contributed by atoms with Gasteiger partial charge in [0.1, 0.15) is 12.9 Å². The standard InChI is InChI=1S/C18H29N4O7P.2Li/c1-12(2)8-14(17(24)25)21-16(23)15(9-19)22-30(27,28)11-20-18(26)29-10-13-6-4-3-5-7-13;;/h3-7,12,14-15H,8-11,19H2,1-2H3,(H,20,26)(H,21,23)(H,24,25)(H2,22,27,28);;/q;2*+1/p-2/t14-,15-;;/m0../s1. The third-order valence-corrected chi connectivity index (χ3v) is 5.09. The van der Waals surface area contributed by atoms with E-state index in [1.807, 2.05) is 0 Å². The summed E-state index contributed by atoms with van der Waals surface area (Å²) in [5, 5.41) is 27.6. The maximum atomic E-state index is 12.3. The number of benzene rings is 1. The van der Waals surface area contributed by atoms with E-state index in [4.69, 9.17) is 10.5 Å². The first-order chi connectivity index (χ1) is 14.0. The Morgan fingerprint density at radius 1 is 1.22 bits per heavy atom. The zero-order valence-electron chi connectivity index (χ0n) is 18.8. The van der Waals surface area contributed by atoms with Crippen LogP contribution in [0.2, 0.25) is 0 Å². The molecule has 1 unspecified atom stereocenters. The van der Waals surface area contributed by atoms with Gasteiger partial charge in [-0.1, -0.05) is 44.2 Å². The Morgan fingerprint density at radius 3 is 2.31 bits per heavy atom. The van der Waals surface area contributed by atoms with Crippen molar-refractivity contribution in [2.24, 2.45) is 16.6 Å². The number of nitrogens with two attached hydrogens (primary N) is 1. The molecule has 5 N–H and O–H groups in total. The molecule has 14 heteroatoms. The van der Waals surface area contributed by atoms with Crippen LogP contribution in [0.15, 0.2) is 35.3 Å². The first kappa shape index (κ1) is 32.9. The SMILES string of the molecule is CC(C)C[C@H](N=C([O-])[C@H](CN)NP(=O)(O)CNC(=O)OCc1ccccc1)C(=O)[O-].[Li+].[Li+]. The summed E-state index contributed by atoms with van der Waals surface area (Å²) in [6.45, 7) is 3.06. The number of carbonyl (C=O) groups is 2. The predicted molar refractivity (Wildman–Crippen MR) is 106 cm³/mol. The molecule has 0 fully saturated rings. The summed E-state index contributed by atoms with van der Waals surface area (Å²) in [6, 6.07) is 6.02. The summed E-state index contributed by atoms with van der Waals surface area (Å²) in [4.78, 5) is 36.4. The average molecular weight is 456 g/mol. The molecular weight excluding hydrogens is 429 g/mol. The first-order valence-electron chi connectivity index (χ1n) is 9.24. The first-order valence-corrected chi connectivity index (χ1v) is 11.1. The van der Waals surface area contributed by atoms with E-state index in [1.54, 1.807) is 44.2 Å². The van der Waals surface area contributed by atoms with Crippen LogP contribution in [0.4, 0.5) is 4.79 Å². The van der Waals surface area contributed by atoms with Gasteiger partial charge in [0.15, 0.2) is 0 Å². The number of nitrogens with one attached hydrogen (secondary N) is 2. The number of aliphatic carboxylic acids is 1. The zero-order valence-corrected chi connectivity index (χ0v) is 19.7. The fraction of sp³-hybridized carbons (Fsp3) is 0.500. The summed E-state index contributed by atoms with van der Waals surface area (Å²) in [6.07, 6.45) is -1.60. The second-order valence-electron chi connectivity index (χ2n) is 6.95. The van der Waals surface area contributed by atoms with Crippen molar-refractivity contribution in [3.8, 4) is 0 Å². The summed E-state index contributed by atoms with van der Waals surface area (Å²) >= 11 is 0. The monoisotopic (exact) mass is 456 g/mol. The Hall–Kier alpha value is -1.27. The van der Waals surface area contributed by atoms with Crippen LogP contribution in [0.3, 0.4) is 0 Å². The van der Waals surface area contributed by atoms with Crippen molar-refractivity contribution >= 4 is 25.5 Å². The number of carboxylic acid groups (broad SMARTS) is 1. The summed E-state index contributed by atoms with van der Waals surface area (Å²) in [5.41, 5.74) is 6.18. The topological polar surface area (TPSA) is 189 Å². The number of carbonyl (C=O) groups excluding carboxylic acids is 2. The molecule has 0 saturated carbocycles. The van der Waals surface area contributed by atoms with Crippen LogP contribution in [0, 0.1) is 5.92 Å². The Labute approximate surface area is 211 Å². The van der Waals surface area contributed by atoms with Crippen molar-refractivity contribution in [1.82, 2.24) is 10.4 Å². The number of hydrogen-bond donors (Lipinski definition) is 4. The number of alkyl carbamates (subject to hydrolysis) is 1. The molecule has 0 heterocycles. The number of nitrogens with zero attached hydrogens (tertiary/aromatic N) is 1. The van der Waals surface area contributed by atoms with Crippen molar-refractivity contribution in [1.29, 1.82) is 0 Å². The number of ether oxygens (including phenoxy) is 1. The molecular formula is C18H27Li2N4O7P. The molecule has 1 amide bonds. The Bertz CT molecular complexity index is 784. The van der Waals surface area contributed by atoms with Gasteiger partial charge in [-0.25, -0.2) is 9.88 Å². The van der Waals surface area contributed by atoms with Gasteiger partial charge in [-0.2, -0.15) is 0 Å².